The number of carbonyl (C=O) groups is 5. The Morgan fingerprint density at radius 3 is 2.28 bits per heavy atom. The zero-order valence-corrected chi connectivity index (χ0v) is 32.3. The molecule has 4 aliphatic rings. The van der Waals surface area contributed by atoms with Crippen molar-refractivity contribution in [1.82, 2.24) is 10.6 Å². The number of esters is 2. The molecule has 0 aromatic heterocycles. The highest BCUT2D eigenvalue weighted by atomic mass is 16.6. The molecular formula is C39H56N2O13. The number of benzene rings is 1. The van der Waals surface area contributed by atoms with E-state index < -0.39 is 124 Å². The van der Waals surface area contributed by atoms with E-state index in [0.717, 1.165) is 0 Å². The van der Waals surface area contributed by atoms with Crippen LogP contribution in [0.25, 0.3) is 0 Å². The molecule has 3 saturated carbocycles. The maximum atomic E-state index is 14.5. The van der Waals surface area contributed by atoms with E-state index in [0.29, 0.717) is 12.1 Å². The SMILES string of the molecule is CCNCC(=O)OC(C(=O)OC1CC2(O)C(O)C3(CO)C4COC4CC(O)C3(C)C(=O)C(=O)C(C1C)C2(C)C)C(NC(=O)OC(C)(C)C)c1ccccc1. The highest BCUT2D eigenvalue weighted by Gasteiger charge is 2.78. The zero-order chi connectivity index (χ0) is 40.2. The van der Waals surface area contributed by atoms with Crippen molar-refractivity contribution in [2.24, 2.45) is 34.0 Å². The van der Waals surface area contributed by atoms with Crippen molar-refractivity contribution in [1.29, 1.82) is 0 Å². The molecule has 12 unspecified atom stereocenters. The third-order valence-corrected chi connectivity index (χ3v) is 12.8. The van der Waals surface area contributed by atoms with Crippen LogP contribution in [0.3, 0.4) is 0 Å². The van der Waals surface area contributed by atoms with Crippen molar-refractivity contribution in [3.05, 3.63) is 35.9 Å². The third kappa shape index (κ3) is 6.64. The van der Waals surface area contributed by atoms with Crippen molar-refractivity contribution < 1.29 is 63.3 Å². The molecule has 0 spiro atoms. The molecule has 5 rings (SSSR count). The lowest BCUT2D eigenvalue weighted by Crippen LogP contribution is -2.81. The molecule has 4 fully saturated rings. The summed E-state index contributed by atoms with van der Waals surface area (Å²) >= 11 is 0. The molecule has 3 aliphatic carbocycles. The van der Waals surface area contributed by atoms with Crippen molar-refractivity contribution in [2.45, 2.75) is 116 Å². The average Bonchev–Trinajstić information content (AvgIpc) is 3.09. The van der Waals surface area contributed by atoms with Gasteiger partial charge in [0.05, 0.1) is 43.5 Å². The lowest BCUT2D eigenvalue weighted by atomic mass is 9.38. The monoisotopic (exact) mass is 760 g/mol. The van der Waals surface area contributed by atoms with Crippen LogP contribution in [0.1, 0.15) is 79.8 Å². The van der Waals surface area contributed by atoms with Gasteiger partial charge in [-0.15, -0.1) is 0 Å². The van der Waals surface area contributed by atoms with Gasteiger partial charge >= 0.3 is 18.0 Å². The summed E-state index contributed by atoms with van der Waals surface area (Å²) in [4.78, 5) is 69.8. The normalized spacial score (nSPS) is 36.9. The van der Waals surface area contributed by atoms with Gasteiger partial charge in [-0.25, -0.2) is 9.59 Å². The van der Waals surface area contributed by atoms with Crippen molar-refractivity contribution in [2.75, 3.05) is 26.3 Å². The van der Waals surface area contributed by atoms with Gasteiger partial charge in [-0.1, -0.05) is 58.0 Å². The minimum absolute atomic E-state index is 0.00623. The molecule has 12 atom stereocenters. The summed E-state index contributed by atoms with van der Waals surface area (Å²) in [6, 6.07) is 6.90. The predicted octanol–water partition coefficient (Wildman–Crippen LogP) is 1.38. The van der Waals surface area contributed by atoms with Crippen molar-refractivity contribution in [3.63, 3.8) is 0 Å². The largest absolute Gasteiger partial charge is 0.459 e. The Morgan fingerprint density at radius 2 is 1.72 bits per heavy atom. The molecule has 15 heteroatoms. The molecule has 1 saturated heterocycles. The van der Waals surface area contributed by atoms with Crippen LogP contribution in [-0.2, 0) is 38.1 Å². The summed E-state index contributed by atoms with van der Waals surface area (Å²) in [7, 11) is 0. The molecule has 1 aromatic carbocycles. The first-order valence-corrected chi connectivity index (χ1v) is 18.7. The number of fused-ring (bicyclic) bond motifs is 5. The molecule has 15 nitrogen and oxygen atoms in total. The second-order valence-corrected chi connectivity index (χ2v) is 17.1. The maximum Gasteiger partial charge on any atom is 0.408 e. The van der Waals surface area contributed by atoms with E-state index in [1.54, 1.807) is 78.8 Å². The van der Waals surface area contributed by atoms with Gasteiger partial charge in [0.2, 0.25) is 17.7 Å². The quantitative estimate of drug-likeness (QED) is 0.113. The summed E-state index contributed by atoms with van der Waals surface area (Å²) < 4.78 is 22.9. The molecule has 300 valence electrons. The van der Waals surface area contributed by atoms with Crippen LogP contribution in [0.4, 0.5) is 4.79 Å². The number of aliphatic hydroxyl groups excluding tert-OH is 3. The Hall–Kier alpha value is -3.47. The molecule has 1 heterocycles. The summed E-state index contributed by atoms with van der Waals surface area (Å²) in [5, 5.41) is 53.5. The predicted molar refractivity (Wildman–Crippen MR) is 190 cm³/mol. The van der Waals surface area contributed by atoms with Gasteiger partial charge in [0, 0.05) is 41.4 Å². The summed E-state index contributed by atoms with van der Waals surface area (Å²) in [5.74, 6) is -6.94. The lowest BCUT2D eigenvalue weighted by Gasteiger charge is -2.69. The van der Waals surface area contributed by atoms with Gasteiger partial charge in [-0.05, 0) is 39.8 Å². The molecule has 1 aliphatic heterocycles. The van der Waals surface area contributed by atoms with Crippen LogP contribution < -0.4 is 10.6 Å². The number of likely N-dealkylation sites (N-methyl/N-ethyl adjacent to an activating group) is 1. The number of nitrogens with one attached hydrogen (secondary N) is 2. The maximum absolute atomic E-state index is 14.5. The van der Waals surface area contributed by atoms with Gasteiger partial charge in [0.15, 0.2) is 0 Å². The third-order valence-electron chi connectivity index (χ3n) is 12.8. The Balaban J connectivity index is 1.58. The number of Topliss-reactive ketones (excluding diaryl/α,β-unsaturated/α-hetero) is 2. The topological polar surface area (TPSA) is 227 Å². The smallest absolute Gasteiger partial charge is 0.408 e. The number of alkyl carbamates (subject to hydrolysis) is 1. The number of hydrogen-bond acceptors (Lipinski definition) is 14. The van der Waals surface area contributed by atoms with Gasteiger partial charge < -0.3 is 50.0 Å². The number of rotatable bonds is 10. The molecule has 1 aromatic rings. The zero-order valence-electron chi connectivity index (χ0n) is 32.3. The van der Waals surface area contributed by atoms with E-state index in [1.807, 2.05) is 0 Å². The first kappa shape index (κ1) is 41.7. The second kappa shape index (κ2) is 14.9. The fourth-order valence-electron chi connectivity index (χ4n) is 9.62. The van der Waals surface area contributed by atoms with Crippen LogP contribution in [0, 0.1) is 34.0 Å². The van der Waals surface area contributed by atoms with Crippen molar-refractivity contribution >= 4 is 29.6 Å². The highest BCUT2D eigenvalue weighted by Crippen LogP contribution is 2.67. The molecular weight excluding hydrogens is 704 g/mol. The number of ether oxygens (including phenoxy) is 4. The fraction of sp³-hybridized carbons (Fsp3) is 0.718. The molecule has 1 amide bonds. The van der Waals surface area contributed by atoms with Gasteiger partial charge in [0.1, 0.15) is 23.3 Å². The molecule has 0 radical (unpaired) electrons. The molecule has 54 heavy (non-hydrogen) atoms. The number of ketones is 2. The van der Waals surface area contributed by atoms with Crippen LogP contribution >= 0.6 is 0 Å². The first-order valence-electron chi connectivity index (χ1n) is 18.7. The average molecular weight is 761 g/mol. The second-order valence-electron chi connectivity index (χ2n) is 17.1. The number of hydrogen-bond donors (Lipinski definition) is 6. The van der Waals surface area contributed by atoms with Gasteiger partial charge in [-0.2, -0.15) is 0 Å². The van der Waals surface area contributed by atoms with E-state index in [-0.39, 0.29) is 19.6 Å². The van der Waals surface area contributed by atoms with Crippen LogP contribution in [0.2, 0.25) is 0 Å². The Kier molecular flexibility index (Phi) is 11.5. The first-order chi connectivity index (χ1) is 25.1. The summed E-state index contributed by atoms with van der Waals surface area (Å²) in [6.07, 6.45) is -8.63. The minimum Gasteiger partial charge on any atom is -0.459 e. The van der Waals surface area contributed by atoms with Crippen LogP contribution in [0.5, 0.6) is 0 Å². The number of amides is 1. The number of aliphatic hydroxyl groups is 4. The molecule has 2 bridgehead atoms. The van der Waals surface area contributed by atoms with E-state index in [1.165, 1.54) is 6.92 Å². The van der Waals surface area contributed by atoms with Gasteiger partial charge in [0.25, 0.3) is 0 Å². The number of carbonyl (C=O) groups excluding carboxylic acids is 5. The highest BCUT2D eigenvalue weighted by molar-refractivity contribution is 6.40. The Morgan fingerprint density at radius 1 is 1.07 bits per heavy atom. The van der Waals surface area contributed by atoms with Crippen molar-refractivity contribution in [3.8, 4) is 0 Å². The Bertz CT molecular complexity index is 1610. The standard InChI is InChI=1S/C39H56N2O13/c1-9-40-17-26(44)53-30(28(21-13-11-10-12-14-21)41-34(49)54-35(3,4)5)32(47)52-24-16-39(50)33(48)38(19-42)22-18-51-23(22)15-25(43)37(38,8)31(46)29(45)27(20(24)2)36(39,6)7/h10-14,20,22-25,27-28,30,33,40,42-43,48,50H,9,15-19H2,1-8H3,(H,41,49). The summed E-state index contributed by atoms with van der Waals surface area (Å²) in [5.41, 5.74) is -8.31. The lowest BCUT2D eigenvalue weighted by molar-refractivity contribution is -0.336. The minimum atomic E-state index is -2.29. The summed E-state index contributed by atoms with van der Waals surface area (Å²) in [6.45, 7) is 12.0. The van der Waals surface area contributed by atoms with E-state index >= 15 is 0 Å². The Labute approximate surface area is 315 Å². The fourth-order valence-corrected chi connectivity index (χ4v) is 9.62. The van der Waals surface area contributed by atoms with E-state index in [4.69, 9.17) is 18.9 Å². The van der Waals surface area contributed by atoms with Gasteiger partial charge in [-0.3, -0.25) is 14.4 Å². The van der Waals surface area contributed by atoms with Crippen LogP contribution in [0.15, 0.2) is 30.3 Å². The van der Waals surface area contributed by atoms with E-state index in [2.05, 4.69) is 10.6 Å². The molecule has 6 N–H and O–H groups in total. The van der Waals surface area contributed by atoms with E-state index in [9.17, 15) is 44.4 Å². The van der Waals surface area contributed by atoms with Crippen LogP contribution in [-0.4, -0.2) is 118 Å².